The zero-order chi connectivity index (χ0) is 13.5. The van der Waals surface area contributed by atoms with Crippen LogP contribution in [0.5, 0.6) is 0 Å². The van der Waals surface area contributed by atoms with E-state index >= 15 is 0 Å². The van der Waals surface area contributed by atoms with Crippen molar-refractivity contribution in [1.29, 1.82) is 0 Å². The van der Waals surface area contributed by atoms with Crippen LogP contribution in [-0.2, 0) is 0 Å². The van der Waals surface area contributed by atoms with Gasteiger partial charge in [0.05, 0.1) is 0 Å². The molecule has 0 radical (unpaired) electrons. The zero-order valence-corrected chi connectivity index (χ0v) is 12.0. The highest BCUT2D eigenvalue weighted by Crippen LogP contribution is 2.22. The second kappa shape index (κ2) is 7.54. The average molecular weight is 243 g/mol. The summed E-state index contributed by atoms with van der Waals surface area (Å²) in [6.45, 7) is 12.9. The van der Waals surface area contributed by atoms with Gasteiger partial charge in [-0.15, -0.1) is 0 Å². The fourth-order valence-corrected chi connectivity index (χ4v) is 1.94. The molecule has 0 aromatic carbocycles. The van der Waals surface area contributed by atoms with E-state index in [4.69, 9.17) is 10.9 Å². The minimum absolute atomic E-state index is 0.219. The van der Waals surface area contributed by atoms with Gasteiger partial charge in [-0.2, -0.15) is 0 Å². The van der Waals surface area contributed by atoms with Crippen LogP contribution in [0.3, 0.4) is 0 Å². The van der Waals surface area contributed by atoms with E-state index in [9.17, 15) is 0 Å². The number of nitrogens with two attached hydrogens (primary N) is 1. The molecule has 0 aliphatic rings. The molecule has 0 aromatic heterocycles. The van der Waals surface area contributed by atoms with Crippen molar-refractivity contribution < 1.29 is 5.21 Å². The predicted octanol–water partition coefficient (Wildman–Crippen LogP) is 2.66. The molecular formula is C13H29N3O. The van der Waals surface area contributed by atoms with Crippen LogP contribution in [-0.4, -0.2) is 35.1 Å². The minimum Gasteiger partial charge on any atom is -0.409 e. The van der Waals surface area contributed by atoms with Gasteiger partial charge in [0.2, 0.25) is 0 Å². The molecule has 0 aliphatic carbocycles. The second-order valence-corrected chi connectivity index (χ2v) is 5.36. The third-order valence-corrected chi connectivity index (χ3v) is 3.67. The van der Waals surface area contributed by atoms with Crippen LogP contribution < -0.4 is 5.73 Å². The number of nitrogens with zero attached hydrogens (tertiary/aromatic N) is 2. The Bertz CT molecular complexity index is 239. The quantitative estimate of drug-likeness (QED) is 0.298. The lowest BCUT2D eigenvalue weighted by molar-refractivity contribution is 0.203. The predicted molar refractivity (Wildman–Crippen MR) is 73.4 cm³/mol. The molecule has 0 heterocycles. The van der Waals surface area contributed by atoms with Crippen LogP contribution in [0.1, 0.15) is 53.9 Å². The fraction of sp³-hybridized carbons (Fsp3) is 0.923. The summed E-state index contributed by atoms with van der Waals surface area (Å²) in [5.74, 6) is 0.323. The Hall–Kier alpha value is -0.770. The number of hydrogen-bond acceptors (Lipinski definition) is 3. The third-order valence-electron chi connectivity index (χ3n) is 3.67. The summed E-state index contributed by atoms with van der Waals surface area (Å²) in [5, 5.41) is 11.8. The summed E-state index contributed by atoms with van der Waals surface area (Å²) in [6, 6.07) is 0.631. The van der Waals surface area contributed by atoms with Crippen molar-refractivity contribution >= 4 is 5.84 Å². The molecule has 4 heteroatoms. The maximum atomic E-state index is 8.70. The number of rotatable bonds is 8. The van der Waals surface area contributed by atoms with E-state index in [-0.39, 0.29) is 5.41 Å². The van der Waals surface area contributed by atoms with Crippen LogP contribution in [0, 0.1) is 5.41 Å². The van der Waals surface area contributed by atoms with Crippen molar-refractivity contribution in [1.82, 2.24) is 4.90 Å². The summed E-state index contributed by atoms with van der Waals surface area (Å²) in [5.41, 5.74) is 5.45. The summed E-state index contributed by atoms with van der Waals surface area (Å²) in [7, 11) is 0. The molecular weight excluding hydrogens is 214 g/mol. The smallest absolute Gasteiger partial charge is 0.144 e. The van der Waals surface area contributed by atoms with Gasteiger partial charge in [-0.1, -0.05) is 32.9 Å². The summed E-state index contributed by atoms with van der Waals surface area (Å²) < 4.78 is 0. The van der Waals surface area contributed by atoms with Crippen LogP contribution in [0.2, 0.25) is 0 Å². The lowest BCUT2D eigenvalue weighted by Gasteiger charge is -2.29. The largest absolute Gasteiger partial charge is 0.409 e. The molecule has 1 unspecified atom stereocenters. The van der Waals surface area contributed by atoms with E-state index in [0.717, 1.165) is 25.9 Å². The van der Waals surface area contributed by atoms with Crippen molar-refractivity contribution in [2.45, 2.75) is 59.9 Å². The van der Waals surface area contributed by atoms with Crippen LogP contribution in [0.15, 0.2) is 5.16 Å². The Morgan fingerprint density at radius 2 is 2.00 bits per heavy atom. The fourth-order valence-electron chi connectivity index (χ4n) is 1.94. The van der Waals surface area contributed by atoms with E-state index in [1.54, 1.807) is 0 Å². The maximum absolute atomic E-state index is 8.70. The number of amidine groups is 1. The van der Waals surface area contributed by atoms with Crippen molar-refractivity contribution in [3.63, 3.8) is 0 Å². The Kier molecular flexibility index (Phi) is 7.19. The molecule has 0 spiro atoms. The Balaban J connectivity index is 4.13. The summed E-state index contributed by atoms with van der Waals surface area (Å²) in [6.07, 6.45) is 3.19. The molecule has 1 atom stereocenters. The monoisotopic (exact) mass is 243 g/mol. The lowest BCUT2D eigenvalue weighted by Crippen LogP contribution is -2.36. The molecule has 0 saturated carbocycles. The van der Waals surface area contributed by atoms with E-state index in [0.29, 0.717) is 11.9 Å². The normalized spacial score (nSPS) is 15.3. The van der Waals surface area contributed by atoms with Gasteiger partial charge in [0.15, 0.2) is 0 Å². The molecule has 17 heavy (non-hydrogen) atoms. The first-order valence-corrected chi connectivity index (χ1v) is 6.61. The van der Waals surface area contributed by atoms with Crippen molar-refractivity contribution in [3.8, 4) is 0 Å². The van der Waals surface area contributed by atoms with Crippen molar-refractivity contribution in [3.05, 3.63) is 0 Å². The number of oxime groups is 1. The van der Waals surface area contributed by atoms with E-state index in [1.165, 1.54) is 6.42 Å². The molecule has 0 aliphatic heterocycles. The van der Waals surface area contributed by atoms with Gasteiger partial charge in [0.25, 0.3) is 0 Å². The minimum atomic E-state index is -0.219. The first-order valence-electron chi connectivity index (χ1n) is 6.61. The molecule has 3 N–H and O–H groups in total. The van der Waals surface area contributed by atoms with Gasteiger partial charge in [-0.25, -0.2) is 0 Å². The maximum Gasteiger partial charge on any atom is 0.144 e. The SMILES string of the molecule is CCC(C)N(CC)CCCC(C)(C)C(N)=NO. The molecule has 0 bridgehead atoms. The summed E-state index contributed by atoms with van der Waals surface area (Å²) in [4.78, 5) is 2.47. The van der Waals surface area contributed by atoms with Crippen LogP contribution in [0.4, 0.5) is 0 Å². The molecule has 0 amide bonds. The van der Waals surface area contributed by atoms with E-state index in [2.05, 4.69) is 30.8 Å². The molecule has 0 aromatic rings. The van der Waals surface area contributed by atoms with Crippen LogP contribution >= 0.6 is 0 Å². The van der Waals surface area contributed by atoms with E-state index in [1.807, 2.05) is 13.8 Å². The van der Waals surface area contributed by atoms with Gasteiger partial charge >= 0.3 is 0 Å². The van der Waals surface area contributed by atoms with Gasteiger partial charge in [-0.05, 0) is 39.3 Å². The van der Waals surface area contributed by atoms with Crippen molar-refractivity contribution in [2.75, 3.05) is 13.1 Å². The van der Waals surface area contributed by atoms with Crippen molar-refractivity contribution in [2.24, 2.45) is 16.3 Å². The van der Waals surface area contributed by atoms with Gasteiger partial charge in [-0.3, -0.25) is 0 Å². The Morgan fingerprint density at radius 1 is 1.41 bits per heavy atom. The molecule has 0 saturated heterocycles. The number of hydrogen-bond donors (Lipinski definition) is 2. The Morgan fingerprint density at radius 3 is 2.41 bits per heavy atom. The highest BCUT2D eigenvalue weighted by Gasteiger charge is 2.23. The first kappa shape index (κ1) is 16.2. The zero-order valence-electron chi connectivity index (χ0n) is 12.0. The second-order valence-electron chi connectivity index (χ2n) is 5.36. The summed E-state index contributed by atoms with van der Waals surface area (Å²) >= 11 is 0. The highest BCUT2D eigenvalue weighted by molar-refractivity contribution is 5.85. The lowest BCUT2D eigenvalue weighted by atomic mass is 9.86. The molecule has 102 valence electrons. The highest BCUT2D eigenvalue weighted by atomic mass is 16.4. The Labute approximate surface area is 106 Å². The topological polar surface area (TPSA) is 61.8 Å². The molecule has 0 rings (SSSR count). The third kappa shape index (κ3) is 5.39. The molecule has 4 nitrogen and oxygen atoms in total. The standard InChI is InChI=1S/C13H29N3O/c1-6-11(3)16(7-2)10-8-9-13(4,5)12(14)15-17/h11,17H,6-10H2,1-5H3,(H2,14,15). The van der Waals surface area contributed by atoms with Gasteiger partial charge < -0.3 is 15.8 Å². The van der Waals surface area contributed by atoms with E-state index < -0.39 is 0 Å². The van der Waals surface area contributed by atoms with Gasteiger partial charge in [0.1, 0.15) is 5.84 Å². The molecule has 0 fully saturated rings. The van der Waals surface area contributed by atoms with Crippen LogP contribution in [0.25, 0.3) is 0 Å². The first-order chi connectivity index (χ1) is 7.88. The van der Waals surface area contributed by atoms with Gasteiger partial charge in [0, 0.05) is 11.5 Å². The average Bonchev–Trinajstić information content (AvgIpc) is 2.32.